The van der Waals surface area contributed by atoms with Crippen LogP contribution < -0.4 is 5.32 Å². The number of nitrogens with zero attached hydrogens (tertiary/aromatic N) is 3. The maximum absolute atomic E-state index is 4.78. The van der Waals surface area contributed by atoms with E-state index in [-0.39, 0.29) is 0 Å². The second kappa shape index (κ2) is 6.53. The van der Waals surface area contributed by atoms with Crippen molar-refractivity contribution in [2.45, 2.75) is 18.9 Å². The van der Waals surface area contributed by atoms with Crippen LogP contribution in [-0.4, -0.2) is 46.0 Å². The maximum Gasteiger partial charge on any atom is 0.223 e. The topological polar surface area (TPSA) is 56.8 Å². The number of hydrogen-bond acceptors (Lipinski definition) is 4. The molecule has 1 fully saturated rings. The molecule has 0 spiro atoms. The van der Waals surface area contributed by atoms with E-state index < -0.39 is 0 Å². The second-order valence-electron chi connectivity index (χ2n) is 6.38. The Morgan fingerprint density at radius 1 is 1.33 bits per heavy atom. The summed E-state index contributed by atoms with van der Waals surface area (Å²) >= 11 is 3.60. The maximum atomic E-state index is 4.78. The predicted molar refractivity (Wildman–Crippen MR) is 101 cm³/mol. The molecule has 1 saturated heterocycles. The highest BCUT2D eigenvalue weighted by Gasteiger charge is 2.19. The Hall–Kier alpha value is -1.92. The minimum Gasteiger partial charge on any atom is -0.360 e. The number of H-pyrrole nitrogens is 1. The van der Waals surface area contributed by atoms with Crippen molar-refractivity contribution >= 4 is 32.8 Å². The number of piperidine rings is 1. The molecule has 3 heterocycles. The first-order chi connectivity index (χ1) is 11.7. The van der Waals surface area contributed by atoms with E-state index in [9.17, 15) is 0 Å². The summed E-state index contributed by atoms with van der Waals surface area (Å²) in [5.74, 6) is 0.693. The van der Waals surface area contributed by atoms with Crippen LogP contribution in [-0.2, 0) is 0 Å². The molecule has 1 aliphatic heterocycles. The highest BCUT2D eigenvalue weighted by atomic mass is 79.9. The fourth-order valence-electron chi connectivity index (χ4n) is 3.36. The monoisotopic (exact) mass is 385 g/mol. The third-order valence-electron chi connectivity index (χ3n) is 4.55. The highest BCUT2D eigenvalue weighted by molar-refractivity contribution is 9.10. The van der Waals surface area contributed by atoms with Gasteiger partial charge in [0.2, 0.25) is 5.95 Å². The van der Waals surface area contributed by atoms with Crippen LogP contribution in [0.1, 0.15) is 12.8 Å². The van der Waals surface area contributed by atoms with Crippen molar-refractivity contribution in [3.8, 4) is 11.3 Å². The molecule has 0 aliphatic carbocycles. The molecule has 2 N–H and O–H groups in total. The van der Waals surface area contributed by atoms with Crippen molar-refractivity contribution in [1.29, 1.82) is 0 Å². The molecular weight excluding hydrogens is 366 g/mol. The van der Waals surface area contributed by atoms with Gasteiger partial charge in [0, 0.05) is 41.4 Å². The van der Waals surface area contributed by atoms with Crippen molar-refractivity contribution in [1.82, 2.24) is 19.9 Å². The number of nitrogens with one attached hydrogen (secondary N) is 2. The quantitative estimate of drug-likeness (QED) is 0.717. The Labute approximate surface area is 149 Å². The van der Waals surface area contributed by atoms with E-state index in [1.165, 1.54) is 18.4 Å². The van der Waals surface area contributed by atoms with Crippen molar-refractivity contribution in [3.63, 3.8) is 0 Å². The molecule has 0 radical (unpaired) electrons. The van der Waals surface area contributed by atoms with Gasteiger partial charge in [-0.05, 0) is 48.4 Å². The fourth-order valence-corrected chi connectivity index (χ4v) is 3.76. The standard InChI is InChI=1S/C18H20BrN5/c1-24-8-4-5-12(11-24)22-18-21-10-15(19)17(23-18)14-9-20-16-7-3-2-6-13(14)16/h2-3,6-7,9-10,12,20H,4-5,8,11H2,1H3,(H,21,22,23). The van der Waals surface area contributed by atoms with Gasteiger partial charge in [-0.25, -0.2) is 9.97 Å². The van der Waals surface area contributed by atoms with Gasteiger partial charge in [-0.2, -0.15) is 0 Å². The summed E-state index contributed by atoms with van der Waals surface area (Å²) in [7, 11) is 2.16. The van der Waals surface area contributed by atoms with Gasteiger partial charge in [0.15, 0.2) is 0 Å². The number of aromatic amines is 1. The van der Waals surface area contributed by atoms with E-state index in [4.69, 9.17) is 4.98 Å². The van der Waals surface area contributed by atoms with Gasteiger partial charge in [-0.3, -0.25) is 0 Å². The summed E-state index contributed by atoms with van der Waals surface area (Å²) in [4.78, 5) is 14.9. The van der Waals surface area contributed by atoms with Crippen LogP contribution in [0, 0.1) is 0 Å². The number of rotatable bonds is 3. The van der Waals surface area contributed by atoms with Crippen LogP contribution in [0.3, 0.4) is 0 Å². The first-order valence-corrected chi connectivity index (χ1v) is 9.04. The highest BCUT2D eigenvalue weighted by Crippen LogP contribution is 2.32. The average molecular weight is 386 g/mol. The molecule has 24 heavy (non-hydrogen) atoms. The Balaban J connectivity index is 1.66. The second-order valence-corrected chi connectivity index (χ2v) is 7.24. The number of likely N-dealkylation sites (N-methyl/N-ethyl adjacent to an activating group) is 1. The Morgan fingerprint density at radius 2 is 2.21 bits per heavy atom. The number of anilines is 1. The molecule has 124 valence electrons. The molecule has 0 saturated carbocycles. The summed E-state index contributed by atoms with van der Waals surface area (Å²) in [5, 5.41) is 4.66. The summed E-state index contributed by atoms with van der Waals surface area (Å²) in [6.07, 6.45) is 6.21. The molecule has 2 aromatic heterocycles. The molecule has 1 atom stereocenters. The van der Waals surface area contributed by atoms with Gasteiger partial charge in [-0.1, -0.05) is 18.2 Å². The minimum absolute atomic E-state index is 0.403. The first-order valence-electron chi connectivity index (χ1n) is 8.25. The molecule has 1 aromatic carbocycles. The zero-order valence-electron chi connectivity index (χ0n) is 13.6. The van der Waals surface area contributed by atoms with Gasteiger partial charge in [-0.15, -0.1) is 0 Å². The van der Waals surface area contributed by atoms with Gasteiger partial charge < -0.3 is 15.2 Å². The lowest BCUT2D eigenvalue weighted by Gasteiger charge is -2.30. The van der Waals surface area contributed by atoms with Crippen molar-refractivity contribution < 1.29 is 0 Å². The van der Waals surface area contributed by atoms with Gasteiger partial charge >= 0.3 is 0 Å². The average Bonchev–Trinajstić information content (AvgIpc) is 3.01. The predicted octanol–water partition coefficient (Wildman–Crippen LogP) is 3.89. The lowest BCUT2D eigenvalue weighted by Crippen LogP contribution is -2.40. The molecule has 1 unspecified atom stereocenters. The Morgan fingerprint density at radius 3 is 3.08 bits per heavy atom. The molecule has 4 rings (SSSR count). The number of benzene rings is 1. The van der Waals surface area contributed by atoms with E-state index in [2.05, 4.69) is 55.3 Å². The normalized spacial score (nSPS) is 18.8. The number of halogens is 1. The van der Waals surface area contributed by atoms with Gasteiger partial charge in [0.1, 0.15) is 0 Å². The third-order valence-corrected chi connectivity index (χ3v) is 5.13. The molecule has 3 aromatic rings. The number of fused-ring (bicyclic) bond motifs is 1. The zero-order valence-corrected chi connectivity index (χ0v) is 15.2. The van der Waals surface area contributed by atoms with E-state index in [1.54, 1.807) is 0 Å². The number of hydrogen-bond donors (Lipinski definition) is 2. The zero-order chi connectivity index (χ0) is 16.5. The van der Waals surface area contributed by atoms with E-state index >= 15 is 0 Å². The van der Waals surface area contributed by atoms with Crippen molar-refractivity contribution in [2.75, 3.05) is 25.5 Å². The number of aromatic nitrogens is 3. The Bertz CT molecular complexity index is 859. The lowest BCUT2D eigenvalue weighted by molar-refractivity contribution is 0.260. The molecule has 0 bridgehead atoms. The van der Waals surface area contributed by atoms with Crippen molar-refractivity contribution in [3.05, 3.63) is 41.1 Å². The largest absolute Gasteiger partial charge is 0.360 e. The first kappa shape index (κ1) is 15.6. The van der Waals surface area contributed by atoms with Crippen LogP contribution in [0.4, 0.5) is 5.95 Å². The van der Waals surface area contributed by atoms with E-state index in [0.717, 1.165) is 34.2 Å². The van der Waals surface area contributed by atoms with Crippen LogP contribution in [0.15, 0.2) is 41.1 Å². The van der Waals surface area contributed by atoms with Crippen LogP contribution >= 0.6 is 15.9 Å². The molecular formula is C18H20BrN5. The van der Waals surface area contributed by atoms with Crippen LogP contribution in [0.2, 0.25) is 0 Å². The minimum atomic E-state index is 0.403. The SMILES string of the molecule is CN1CCCC(Nc2ncc(Br)c(-c3c[nH]c4ccccc34)n2)C1. The molecule has 6 heteroatoms. The number of likely N-dealkylation sites (tertiary alicyclic amines) is 1. The number of para-hydroxylation sites is 1. The summed E-state index contributed by atoms with van der Waals surface area (Å²) in [6, 6.07) is 8.67. The summed E-state index contributed by atoms with van der Waals surface area (Å²) in [6.45, 7) is 2.20. The van der Waals surface area contributed by atoms with Crippen LogP contribution in [0.5, 0.6) is 0 Å². The van der Waals surface area contributed by atoms with E-state index in [0.29, 0.717) is 12.0 Å². The van der Waals surface area contributed by atoms with E-state index in [1.807, 2.05) is 24.5 Å². The Kier molecular flexibility index (Phi) is 4.24. The van der Waals surface area contributed by atoms with Gasteiger partial charge in [0.25, 0.3) is 0 Å². The summed E-state index contributed by atoms with van der Waals surface area (Å²) in [5.41, 5.74) is 3.11. The van der Waals surface area contributed by atoms with Gasteiger partial charge in [0.05, 0.1) is 10.2 Å². The fraction of sp³-hybridized carbons (Fsp3) is 0.333. The molecule has 1 aliphatic rings. The summed E-state index contributed by atoms with van der Waals surface area (Å²) < 4.78 is 0.901. The lowest BCUT2D eigenvalue weighted by atomic mass is 10.1. The molecule has 5 nitrogen and oxygen atoms in total. The molecule has 0 amide bonds. The third kappa shape index (κ3) is 3.03. The van der Waals surface area contributed by atoms with Crippen molar-refractivity contribution in [2.24, 2.45) is 0 Å². The van der Waals surface area contributed by atoms with Crippen LogP contribution in [0.25, 0.3) is 22.2 Å². The smallest absolute Gasteiger partial charge is 0.223 e.